The van der Waals surface area contributed by atoms with Crippen LogP contribution in [0.15, 0.2) is 24.3 Å². The number of hydrogen-bond donors (Lipinski definition) is 0. The Morgan fingerprint density at radius 3 is 2.08 bits per heavy atom. The Morgan fingerprint density at radius 1 is 1.15 bits per heavy atom. The normalized spacial score (nSPS) is 11.1. The van der Waals surface area contributed by atoms with E-state index in [1.54, 1.807) is 0 Å². The lowest BCUT2D eigenvalue weighted by molar-refractivity contribution is -0.137. The molecule has 0 aliphatic carbocycles. The first-order valence-corrected chi connectivity index (χ1v) is 3.49. The van der Waals surface area contributed by atoms with Crippen molar-refractivity contribution in [1.82, 2.24) is 0 Å². The quantitative estimate of drug-likeness (QED) is 0.648. The molecular weight excluding hydrogens is 181 g/mol. The van der Waals surface area contributed by atoms with E-state index >= 15 is 0 Å². The minimum Gasteiger partial charge on any atom is -0.343 e. The monoisotopic (exact) mass is 188 g/mol. The molecule has 0 radical (unpaired) electrons. The lowest BCUT2D eigenvalue weighted by atomic mass is 10.2. The average Bonchev–Trinajstić information content (AvgIpc) is 2.04. The van der Waals surface area contributed by atoms with Gasteiger partial charge >= 0.3 is 6.18 Å². The van der Waals surface area contributed by atoms with Gasteiger partial charge in [0.1, 0.15) is 6.61 Å². The maximum Gasteiger partial charge on any atom is 0.416 e. The zero-order valence-electron chi connectivity index (χ0n) is 6.64. The zero-order chi connectivity index (χ0) is 9.90. The first-order chi connectivity index (χ1) is 6.04. The maximum atomic E-state index is 12.0. The van der Waals surface area contributed by atoms with Crippen molar-refractivity contribution in [3.8, 4) is 5.75 Å². The van der Waals surface area contributed by atoms with Crippen LogP contribution in [-0.4, -0.2) is 0 Å². The third kappa shape index (κ3) is 2.57. The van der Waals surface area contributed by atoms with Crippen LogP contribution in [0.1, 0.15) is 5.56 Å². The number of alkyl halides is 3. The van der Waals surface area contributed by atoms with Crippen molar-refractivity contribution in [1.29, 1.82) is 0 Å². The van der Waals surface area contributed by atoms with Gasteiger partial charge in [0, 0.05) is 0 Å². The molecule has 0 saturated carbocycles. The van der Waals surface area contributed by atoms with Crippen LogP contribution >= 0.6 is 0 Å². The minimum absolute atomic E-state index is 0.336. The first kappa shape index (κ1) is 9.77. The first-order valence-electron chi connectivity index (χ1n) is 3.49. The van der Waals surface area contributed by atoms with E-state index in [2.05, 4.69) is 6.92 Å². The Labute approximate surface area is 74.1 Å². The van der Waals surface area contributed by atoms with Gasteiger partial charge in [-0.15, -0.1) is 6.92 Å². The molecule has 0 aromatic heterocycles. The Morgan fingerprint density at radius 2 is 1.69 bits per heavy atom. The summed E-state index contributed by atoms with van der Waals surface area (Å²) in [4.78, 5) is 0. The fourth-order valence-corrected chi connectivity index (χ4v) is 0.819. The lowest BCUT2D eigenvalue weighted by Crippen LogP contribution is -2.04. The fraction of sp³-hybridized carbons (Fsp3) is 0.111. The van der Waals surface area contributed by atoms with Gasteiger partial charge < -0.3 is 4.74 Å². The highest BCUT2D eigenvalue weighted by Gasteiger charge is 2.30. The Kier molecular flexibility index (Phi) is 2.70. The van der Waals surface area contributed by atoms with Crippen LogP contribution in [0.5, 0.6) is 5.75 Å². The van der Waals surface area contributed by atoms with Crippen LogP contribution in [0.2, 0.25) is 0 Å². The molecule has 1 aromatic rings. The molecule has 0 aliphatic rings. The van der Waals surface area contributed by atoms with Crippen molar-refractivity contribution in [3.63, 3.8) is 0 Å². The van der Waals surface area contributed by atoms with Gasteiger partial charge in [-0.25, -0.2) is 0 Å². The molecule has 0 atom stereocenters. The minimum atomic E-state index is -4.30. The van der Waals surface area contributed by atoms with Gasteiger partial charge in [-0.3, -0.25) is 0 Å². The maximum absolute atomic E-state index is 12.0. The highest BCUT2D eigenvalue weighted by Crippen LogP contribution is 2.30. The summed E-state index contributed by atoms with van der Waals surface area (Å²) in [7, 11) is 0. The summed E-state index contributed by atoms with van der Waals surface area (Å²) in [5, 5.41) is 0. The molecule has 0 heterocycles. The van der Waals surface area contributed by atoms with E-state index in [4.69, 9.17) is 4.74 Å². The second-order valence-electron chi connectivity index (χ2n) is 2.31. The third-order valence-corrected chi connectivity index (χ3v) is 1.40. The van der Waals surface area contributed by atoms with E-state index in [1.165, 1.54) is 12.1 Å². The van der Waals surface area contributed by atoms with Gasteiger partial charge in [0.15, 0.2) is 5.75 Å². The van der Waals surface area contributed by atoms with Crippen LogP contribution < -0.4 is 4.74 Å². The van der Waals surface area contributed by atoms with Crippen molar-refractivity contribution in [2.24, 2.45) is 0 Å². The van der Waals surface area contributed by atoms with E-state index in [0.29, 0.717) is 5.75 Å². The molecule has 0 spiro atoms. The molecule has 1 rings (SSSR count). The van der Waals surface area contributed by atoms with Crippen molar-refractivity contribution in [2.45, 2.75) is 6.18 Å². The number of rotatable bonds is 2. The summed E-state index contributed by atoms with van der Waals surface area (Å²) in [5.74, 6) is 0.336. The average molecular weight is 188 g/mol. The highest BCUT2D eigenvalue weighted by atomic mass is 19.4. The molecule has 4 heteroatoms. The van der Waals surface area contributed by atoms with Gasteiger partial charge in [0.05, 0.1) is 5.56 Å². The largest absolute Gasteiger partial charge is 0.416 e. The number of hydrogen-bond acceptors (Lipinski definition) is 1. The second-order valence-corrected chi connectivity index (χ2v) is 2.31. The summed E-state index contributed by atoms with van der Waals surface area (Å²) >= 11 is 0. The number of halogens is 3. The Balaban J connectivity index is 2.81. The van der Waals surface area contributed by atoms with Gasteiger partial charge in [-0.05, 0) is 24.3 Å². The second kappa shape index (κ2) is 3.60. The summed E-state index contributed by atoms with van der Waals surface area (Å²) in [6.07, 6.45) is -4.30. The molecule has 1 aromatic carbocycles. The molecule has 0 N–H and O–H groups in total. The zero-order valence-corrected chi connectivity index (χ0v) is 6.64. The molecule has 0 amide bonds. The Bertz CT molecular complexity index is 263. The number of ether oxygens (including phenoxy) is 1. The fourth-order valence-electron chi connectivity index (χ4n) is 0.819. The van der Waals surface area contributed by atoms with Crippen LogP contribution in [0.25, 0.3) is 0 Å². The van der Waals surface area contributed by atoms with Gasteiger partial charge in [-0.2, -0.15) is 13.2 Å². The van der Waals surface area contributed by atoms with E-state index in [9.17, 15) is 13.2 Å². The van der Waals surface area contributed by atoms with Crippen LogP contribution in [0, 0.1) is 13.5 Å². The molecule has 0 aliphatic heterocycles. The summed E-state index contributed by atoms with van der Waals surface area (Å²) in [5.41, 5.74) is -0.691. The number of benzene rings is 1. The van der Waals surface area contributed by atoms with Crippen LogP contribution in [-0.2, 0) is 6.18 Å². The highest BCUT2D eigenvalue weighted by molar-refractivity contribution is 5.29. The topological polar surface area (TPSA) is 9.23 Å². The molecule has 1 nitrogen and oxygen atoms in total. The lowest BCUT2D eigenvalue weighted by Gasteiger charge is -2.05. The van der Waals surface area contributed by atoms with E-state index in [1.807, 2.05) is 0 Å². The van der Waals surface area contributed by atoms with E-state index < -0.39 is 11.7 Å². The smallest absolute Gasteiger partial charge is 0.343 e. The summed E-state index contributed by atoms with van der Waals surface area (Å²) in [6.45, 7) is 4.44. The van der Waals surface area contributed by atoms with Crippen LogP contribution in [0.4, 0.5) is 13.2 Å². The van der Waals surface area contributed by atoms with E-state index in [0.717, 1.165) is 18.7 Å². The van der Waals surface area contributed by atoms with Gasteiger partial charge in [0.25, 0.3) is 0 Å². The molecule has 0 bridgehead atoms. The predicted molar refractivity (Wildman–Crippen MR) is 41.7 cm³/mol. The molecule has 0 unspecified atom stereocenters. The van der Waals surface area contributed by atoms with Crippen molar-refractivity contribution in [2.75, 3.05) is 0 Å². The SMILES string of the molecule is [CH2-][CH+]Oc1ccc(C(F)(F)F)cc1. The van der Waals surface area contributed by atoms with E-state index in [-0.39, 0.29) is 0 Å². The van der Waals surface area contributed by atoms with Crippen LogP contribution in [0.3, 0.4) is 0 Å². The van der Waals surface area contributed by atoms with Crippen molar-refractivity contribution >= 4 is 0 Å². The molecular formula is C9H7F3O. The summed E-state index contributed by atoms with van der Waals surface area (Å²) < 4.78 is 40.9. The standard InChI is InChI=1S/C9H7F3O/c1-2-13-8-5-3-7(4-6-8)9(10,11)12/h2-6H,1H2. The van der Waals surface area contributed by atoms with Crippen molar-refractivity contribution < 1.29 is 17.9 Å². The van der Waals surface area contributed by atoms with Gasteiger partial charge in [-0.1, -0.05) is 0 Å². The predicted octanol–water partition coefficient (Wildman–Crippen LogP) is 3.08. The summed E-state index contributed by atoms with van der Waals surface area (Å²) in [6, 6.07) is 4.40. The third-order valence-electron chi connectivity index (χ3n) is 1.40. The molecule has 0 fully saturated rings. The molecule has 13 heavy (non-hydrogen) atoms. The molecule has 0 saturated heterocycles. The van der Waals surface area contributed by atoms with Crippen molar-refractivity contribution in [3.05, 3.63) is 43.4 Å². The molecule has 70 valence electrons. The Hall–Kier alpha value is -1.32. The van der Waals surface area contributed by atoms with Gasteiger partial charge in [0.2, 0.25) is 0 Å².